The molecule has 0 aliphatic heterocycles. The van der Waals surface area contributed by atoms with Crippen molar-refractivity contribution in [2.45, 2.75) is 44.7 Å². The van der Waals surface area contributed by atoms with Crippen molar-refractivity contribution in [2.75, 3.05) is 13.1 Å². The van der Waals surface area contributed by atoms with Crippen LogP contribution >= 0.6 is 0 Å². The molecule has 110 valence electrons. The molecule has 0 spiro atoms. The second kappa shape index (κ2) is 5.98. The fourth-order valence-electron chi connectivity index (χ4n) is 2.14. The molecule has 20 heavy (non-hydrogen) atoms. The van der Waals surface area contributed by atoms with Crippen LogP contribution in [0.3, 0.4) is 0 Å². The maximum absolute atomic E-state index is 12.6. The number of hydrogen-bond donors (Lipinski definition) is 0. The van der Waals surface area contributed by atoms with Gasteiger partial charge in [0.05, 0.1) is 6.54 Å². The summed E-state index contributed by atoms with van der Waals surface area (Å²) in [6.45, 7) is 5.25. The van der Waals surface area contributed by atoms with Gasteiger partial charge in [0.15, 0.2) is 5.03 Å². The predicted octanol–water partition coefficient (Wildman–Crippen LogP) is 1.64. The minimum absolute atomic E-state index is 0.110. The Bertz CT molecular complexity index is 609. The van der Waals surface area contributed by atoms with Crippen molar-refractivity contribution in [1.29, 1.82) is 0 Å². The minimum Gasteiger partial charge on any atom is -0.334 e. The quantitative estimate of drug-likeness (QED) is 0.719. The van der Waals surface area contributed by atoms with Crippen molar-refractivity contribution in [3.05, 3.63) is 12.0 Å². The molecule has 1 heterocycles. The lowest BCUT2D eigenvalue weighted by molar-refractivity contribution is 0.428. The Kier molecular flexibility index (Phi) is 4.51. The first-order chi connectivity index (χ1) is 9.48. The molecule has 0 aromatic carbocycles. The SMILES string of the molecule is C#CCN(CC1CC1)S(=O)(=O)c1cn(CCC)c(C)n1. The first kappa shape index (κ1) is 15.1. The molecule has 0 amide bonds. The van der Waals surface area contributed by atoms with Gasteiger partial charge in [-0.05, 0) is 32.1 Å². The monoisotopic (exact) mass is 295 g/mol. The fraction of sp³-hybridized carbons (Fsp3) is 0.643. The Morgan fingerprint density at radius 3 is 2.80 bits per heavy atom. The van der Waals surface area contributed by atoms with Crippen LogP contribution in [0.1, 0.15) is 32.0 Å². The van der Waals surface area contributed by atoms with Gasteiger partial charge in [-0.3, -0.25) is 0 Å². The summed E-state index contributed by atoms with van der Waals surface area (Å²) in [7, 11) is -3.58. The van der Waals surface area contributed by atoms with Gasteiger partial charge in [-0.2, -0.15) is 4.31 Å². The average Bonchev–Trinajstić information content (AvgIpc) is 3.13. The van der Waals surface area contributed by atoms with Crippen LogP contribution in [0.4, 0.5) is 0 Å². The number of imidazole rings is 1. The highest BCUT2D eigenvalue weighted by Crippen LogP contribution is 2.31. The summed E-state index contributed by atoms with van der Waals surface area (Å²) < 4.78 is 28.5. The lowest BCUT2D eigenvalue weighted by atomic mass is 10.4. The normalized spacial score (nSPS) is 15.5. The van der Waals surface area contributed by atoms with Gasteiger partial charge in [-0.25, -0.2) is 13.4 Å². The number of terminal acetylenes is 1. The van der Waals surface area contributed by atoms with Crippen LogP contribution in [-0.4, -0.2) is 35.4 Å². The summed E-state index contributed by atoms with van der Waals surface area (Å²) >= 11 is 0. The Morgan fingerprint density at radius 2 is 2.25 bits per heavy atom. The number of sulfonamides is 1. The molecular weight excluding hydrogens is 274 g/mol. The van der Waals surface area contributed by atoms with Gasteiger partial charge in [0.25, 0.3) is 10.0 Å². The largest absolute Gasteiger partial charge is 0.334 e. The van der Waals surface area contributed by atoms with E-state index in [2.05, 4.69) is 10.9 Å². The first-order valence-electron chi connectivity index (χ1n) is 6.96. The zero-order valence-electron chi connectivity index (χ0n) is 12.0. The Labute approximate surface area is 121 Å². The van der Waals surface area contributed by atoms with E-state index in [1.807, 2.05) is 18.4 Å². The second-order valence-electron chi connectivity index (χ2n) is 5.26. The smallest absolute Gasteiger partial charge is 0.262 e. The van der Waals surface area contributed by atoms with Crippen LogP contribution in [0, 0.1) is 25.2 Å². The molecule has 0 unspecified atom stereocenters. The van der Waals surface area contributed by atoms with E-state index in [1.54, 1.807) is 6.20 Å². The van der Waals surface area contributed by atoms with Crippen molar-refractivity contribution >= 4 is 10.0 Å². The molecule has 1 fully saturated rings. The molecule has 0 bridgehead atoms. The highest BCUT2D eigenvalue weighted by molar-refractivity contribution is 7.89. The van der Waals surface area contributed by atoms with Crippen LogP contribution in [0.5, 0.6) is 0 Å². The minimum atomic E-state index is -3.58. The number of rotatable bonds is 7. The zero-order valence-corrected chi connectivity index (χ0v) is 12.9. The van der Waals surface area contributed by atoms with Crippen molar-refractivity contribution in [2.24, 2.45) is 5.92 Å². The average molecular weight is 295 g/mol. The fourth-order valence-corrected chi connectivity index (χ4v) is 3.57. The van der Waals surface area contributed by atoms with E-state index in [0.717, 1.165) is 31.6 Å². The summed E-state index contributed by atoms with van der Waals surface area (Å²) in [4.78, 5) is 4.20. The molecule has 1 aromatic rings. The number of aromatic nitrogens is 2. The molecule has 6 heteroatoms. The van der Waals surface area contributed by atoms with E-state index < -0.39 is 10.0 Å². The van der Waals surface area contributed by atoms with Crippen molar-refractivity contribution in [3.8, 4) is 12.3 Å². The van der Waals surface area contributed by atoms with Crippen LogP contribution in [0.2, 0.25) is 0 Å². The topological polar surface area (TPSA) is 55.2 Å². The van der Waals surface area contributed by atoms with E-state index in [9.17, 15) is 8.42 Å². The maximum Gasteiger partial charge on any atom is 0.262 e. The predicted molar refractivity (Wildman–Crippen MR) is 77.6 cm³/mol. The summed E-state index contributed by atoms with van der Waals surface area (Å²) in [5.74, 6) is 3.61. The highest BCUT2D eigenvalue weighted by atomic mass is 32.2. The van der Waals surface area contributed by atoms with Gasteiger partial charge in [-0.1, -0.05) is 12.8 Å². The highest BCUT2D eigenvalue weighted by Gasteiger charge is 2.32. The molecule has 2 rings (SSSR count). The van der Waals surface area contributed by atoms with Crippen molar-refractivity contribution in [1.82, 2.24) is 13.9 Å². The first-order valence-corrected chi connectivity index (χ1v) is 8.40. The molecule has 0 N–H and O–H groups in total. The van der Waals surface area contributed by atoms with Gasteiger partial charge in [0.1, 0.15) is 5.82 Å². The number of aryl methyl sites for hydroxylation is 2. The summed E-state index contributed by atoms with van der Waals surface area (Å²) in [5, 5.41) is 0.111. The number of hydrogen-bond acceptors (Lipinski definition) is 3. The van der Waals surface area contributed by atoms with Gasteiger partial charge < -0.3 is 4.57 Å². The lowest BCUT2D eigenvalue weighted by Gasteiger charge is -2.17. The molecule has 0 atom stereocenters. The van der Waals surface area contributed by atoms with Gasteiger partial charge in [0, 0.05) is 19.3 Å². The van der Waals surface area contributed by atoms with E-state index in [0.29, 0.717) is 12.5 Å². The van der Waals surface area contributed by atoms with E-state index in [-0.39, 0.29) is 11.6 Å². The van der Waals surface area contributed by atoms with Gasteiger partial charge in [-0.15, -0.1) is 6.42 Å². The van der Waals surface area contributed by atoms with Crippen molar-refractivity contribution < 1.29 is 8.42 Å². The summed E-state index contributed by atoms with van der Waals surface area (Å²) in [6, 6.07) is 0. The third-order valence-electron chi connectivity index (χ3n) is 3.45. The second-order valence-corrected chi connectivity index (χ2v) is 7.15. The Morgan fingerprint density at radius 1 is 1.55 bits per heavy atom. The van der Waals surface area contributed by atoms with E-state index in [1.165, 1.54) is 4.31 Å². The lowest BCUT2D eigenvalue weighted by Crippen LogP contribution is -2.33. The summed E-state index contributed by atoms with van der Waals surface area (Å²) in [6.07, 6.45) is 10.0. The van der Waals surface area contributed by atoms with Crippen molar-refractivity contribution in [3.63, 3.8) is 0 Å². The molecule has 1 aromatic heterocycles. The van der Waals surface area contributed by atoms with Crippen LogP contribution < -0.4 is 0 Å². The Balaban J connectivity index is 2.26. The molecule has 1 aliphatic rings. The van der Waals surface area contributed by atoms with E-state index >= 15 is 0 Å². The number of nitrogens with zero attached hydrogens (tertiary/aromatic N) is 3. The van der Waals surface area contributed by atoms with Gasteiger partial charge >= 0.3 is 0 Å². The molecule has 5 nitrogen and oxygen atoms in total. The van der Waals surface area contributed by atoms with Crippen LogP contribution in [0.25, 0.3) is 0 Å². The van der Waals surface area contributed by atoms with E-state index in [4.69, 9.17) is 6.42 Å². The third kappa shape index (κ3) is 3.22. The van der Waals surface area contributed by atoms with Gasteiger partial charge in [0.2, 0.25) is 0 Å². The maximum atomic E-state index is 12.6. The Hall–Kier alpha value is -1.32. The molecular formula is C14H21N3O2S. The standard InChI is InChI=1S/C14H21N3O2S/c1-4-8-16-11-14(15-12(16)3)20(18,19)17(9-5-2)10-13-6-7-13/h2,11,13H,4,6-10H2,1,3H3. The molecule has 1 saturated carbocycles. The van der Waals surface area contributed by atoms with Crippen LogP contribution in [0.15, 0.2) is 11.2 Å². The summed E-state index contributed by atoms with van der Waals surface area (Å²) in [5.41, 5.74) is 0. The molecule has 0 saturated heterocycles. The third-order valence-corrected chi connectivity index (χ3v) is 5.13. The van der Waals surface area contributed by atoms with Crippen LogP contribution in [-0.2, 0) is 16.6 Å². The molecule has 0 radical (unpaired) electrons. The molecule has 1 aliphatic carbocycles. The zero-order chi connectivity index (χ0) is 14.8.